The van der Waals surface area contributed by atoms with Crippen LogP contribution in [0.3, 0.4) is 0 Å². The lowest BCUT2D eigenvalue weighted by Crippen LogP contribution is -2.43. The van der Waals surface area contributed by atoms with Gasteiger partial charge in [0.15, 0.2) is 4.75 Å². The van der Waals surface area contributed by atoms with Crippen molar-refractivity contribution in [1.29, 1.82) is 0 Å². The molecule has 1 heterocycles. The van der Waals surface area contributed by atoms with Gasteiger partial charge in [0.05, 0.1) is 17.9 Å². The molecule has 1 spiro atoms. The third-order valence-corrected chi connectivity index (χ3v) is 6.46. The minimum absolute atomic E-state index is 0.123. The first kappa shape index (κ1) is 13.5. The lowest BCUT2D eigenvalue weighted by molar-refractivity contribution is 0.428. The standard InChI is InChI=1S/C14H17ClN2OS/c1-3-13(16)12-7-14(12)11-6-10(15)5-4-9(11)8-17(2)19(14)18/h3-6,12-13H,1,7-8,16H2,2H3. The van der Waals surface area contributed by atoms with Crippen LogP contribution in [-0.2, 0) is 22.7 Å². The molecule has 0 radical (unpaired) electrons. The second-order valence-corrected chi connectivity index (χ2v) is 7.64. The summed E-state index contributed by atoms with van der Waals surface area (Å²) in [5, 5.41) is 0.692. The molecule has 19 heavy (non-hydrogen) atoms. The number of benzene rings is 1. The quantitative estimate of drug-likeness (QED) is 0.672. The Balaban J connectivity index is 2.09. The Morgan fingerprint density at radius 3 is 3.11 bits per heavy atom. The van der Waals surface area contributed by atoms with Gasteiger partial charge in [-0.1, -0.05) is 23.7 Å². The van der Waals surface area contributed by atoms with E-state index in [4.69, 9.17) is 17.3 Å². The van der Waals surface area contributed by atoms with Gasteiger partial charge in [0.1, 0.15) is 0 Å². The summed E-state index contributed by atoms with van der Waals surface area (Å²) in [6.45, 7) is 4.45. The summed E-state index contributed by atoms with van der Waals surface area (Å²) in [5.74, 6) is 0.186. The van der Waals surface area contributed by atoms with Crippen molar-refractivity contribution in [2.24, 2.45) is 11.7 Å². The van der Waals surface area contributed by atoms with Crippen LogP contribution in [0.15, 0.2) is 30.9 Å². The molecule has 4 unspecified atom stereocenters. The number of halogens is 1. The fourth-order valence-corrected chi connectivity index (χ4v) is 5.24. The number of fused-ring (bicyclic) bond motifs is 2. The molecule has 1 aliphatic heterocycles. The summed E-state index contributed by atoms with van der Waals surface area (Å²) in [5.41, 5.74) is 8.39. The van der Waals surface area contributed by atoms with Crippen LogP contribution in [0.2, 0.25) is 5.02 Å². The van der Waals surface area contributed by atoms with Gasteiger partial charge in [0.2, 0.25) is 0 Å². The van der Waals surface area contributed by atoms with E-state index in [1.165, 1.54) is 5.56 Å². The van der Waals surface area contributed by atoms with Gasteiger partial charge >= 0.3 is 0 Å². The smallest absolute Gasteiger partial charge is 0.175 e. The molecule has 0 aromatic heterocycles. The predicted molar refractivity (Wildman–Crippen MR) is 79.0 cm³/mol. The first-order chi connectivity index (χ1) is 9.00. The van der Waals surface area contributed by atoms with Gasteiger partial charge in [0, 0.05) is 36.0 Å². The van der Waals surface area contributed by atoms with E-state index in [-0.39, 0.29) is 16.7 Å². The topological polar surface area (TPSA) is 52.3 Å². The van der Waals surface area contributed by atoms with Gasteiger partial charge in [-0.05, 0) is 17.7 Å². The van der Waals surface area contributed by atoms with E-state index in [1.807, 2.05) is 29.6 Å². The molecule has 0 amide bonds. The lowest BCUT2D eigenvalue weighted by Gasteiger charge is -2.35. The Kier molecular flexibility index (Phi) is 3.19. The highest BCUT2D eigenvalue weighted by Crippen LogP contribution is 2.63. The molecule has 0 bridgehead atoms. The van der Waals surface area contributed by atoms with Crippen molar-refractivity contribution >= 4 is 23.0 Å². The van der Waals surface area contributed by atoms with Crippen molar-refractivity contribution in [3.05, 3.63) is 47.0 Å². The molecule has 1 fully saturated rings. The van der Waals surface area contributed by atoms with Gasteiger partial charge in [-0.2, -0.15) is 0 Å². The van der Waals surface area contributed by atoms with E-state index in [0.29, 0.717) is 11.6 Å². The normalized spacial score (nSPS) is 34.9. The second kappa shape index (κ2) is 4.50. The van der Waals surface area contributed by atoms with Crippen LogP contribution in [0.5, 0.6) is 0 Å². The summed E-state index contributed by atoms with van der Waals surface area (Å²) >= 11 is 5.05. The van der Waals surface area contributed by atoms with Crippen LogP contribution in [0.1, 0.15) is 17.5 Å². The van der Waals surface area contributed by atoms with Crippen molar-refractivity contribution in [3.63, 3.8) is 0 Å². The van der Waals surface area contributed by atoms with E-state index >= 15 is 0 Å². The van der Waals surface area contributed by atoms with Crippen molar-refractivity contribution in [3.8, 4) is 0 Å². The second-order valence-electron chi connectivity index (χ2n) is 5.35. The molecule has 2 aliphatic rings. The lowest BCUT2D eigenvalue weighted by atomic mass is 9.99. The Morgan fingerprint density at radius 1 is 1.68 bits per heavy atom. The molecule has 2 N–H and O–H groups in total. The minimum atomic E-state index is -1.06. The molecule has 5 heteroatoms. The van der Waals surface area contributed by atoms with Crippen molar-refractivity contribution in [1.82, 2.24) is 4.31 Å². The maximum absolute atomic E-state index is 12.7. The van der Waals surface area contributed by atoms with Crippen LogP contribution in [0.25, 0.3) is 0 Å². The predicted octanol–water partition coefficient (Wildman–Crippen LogP) is 2.18. The molecule has 3 nitrogen and oxygen atoms in total. The van der Waals surface area contributed by atoms with Crippen LogP contribution in [0, 0.1) is 5.92 Å². The summed E-state index contributed by atoms with van der Waals surface area (Å²) in [7, 11) is 1.89. The molecule has 1 aromatic carbocycles. The first-order valence-electron chi connectivity index (χ1n) is 6.31. The Morgan fingerprint density at radius 2 is 2.42 bits per heavy atom. The number of nitrogens with two attached hydrogens (primary N) is 1. The van der Waals surface area contributed by atoms with E-state index in [2.05, 4.69) is 6.58 Å². The highest BCUT2D eigenvalue weighted by molar-refractivity contribution is 7.90. The van der Waals surface area contributed by atoms with Gasteiger partial charge in [-0.25, -0.2) is 0 Å². The van der Waals surface area contributed by atoms with Crippen LogP contribution in [0.4, 0.5) is 0 Å². The van der Waals surface area contributed by atoms with Crippen molar-refractivity contribution in [2.75, 3.05) is 7.05 Å². The zero-order valence-corrected chi connectivity index (χ0v) is 12.4. The monoisotopic (exact) mass is 296 g/mol. The van der Waals surface area contributed by atoms with Gasteiger partial charge in [0.25, 0.3) is 0 Å². The fourth-order valence-electron chi connectivity index (χ4n) is 3.14. The van der Waals surface area contributed by atoms with Gasteiger partial charge < -0.3 is 10.3 Å². The maximum Gasteiger partial charge on any atom is 0.175 e. The molecule has 1 saturated carbocycles. The summed E-state index contributed by atoms with van der Waals surface area (Å²) < 4.78 is 14.3. The average molecular weight is 297 g/mol. The molecular formula is C14H17ClN2OS. The van der Waals surface area contributed by atoms with Gasteiger partial charge in [-0.15, -0.1) is 10.9 Å². The highest BCUT2D eigenvalue weighted by atomic mass is 35.5. The van der Waals surface area contributed by atoms with E-state index in [1.54, 1.807) is 6.08 Å². The highest BCUT2D eigenvalue weighted by Gasteiger charge is 2.70. The first-order valence-corrected chi connectivity index (χ1v) is 7.79. The molecule has 0 saturated heterocycles. The van der Waals surface area contributed by atoms with Crippen molar-refractivity contribution in [2.45, 2.75) is 23.8 Å². The Labute approximate surface area is 121 Å². The van der Waals surface area contributed by atoms with Crippen molar-refractivity contribution < 1.29 is 4.55 Å². The molecule has 1 aliphatic carbocycles. The number of rotatable bonds is 2. The summed E-state index contributed by atoms with van der Waals surface area (Å²) in [4.78, 5) is 0. The summed E-state index contributed by atoms with van der Waals surface area (Å²) in [6, 6.07) is 5.75. The number of hydrogen-bond donors (Lipinski definition) is 1. The summed E-state index contributed by atoms with van der Waals surface area (Å²) in [6.07, 6.45) is 2.58. The molecular weight excluding hydrogens is 280 g/mol. The SMILES string of the molecule is C=CC(N)C1CC12c1cc(Cl)ccc1CN(C)[S+]2[O-]. The Hall–Kier alpha value is -0.520. The maximum atomic E-state index is 12.7. The third-order valence-electron chi connectivity index (χ3n) is 4.21. The van der Waals surface area contributed by atoms with Gasteiger partial charge in [-0.3, -0.25) is 0 Å². The van der Waals surface area contributed by atoms with Crippen LogP contribution >= 0.6 is 11.6 Å². The zero-order valence-electron chi connectivity index (χ0n) is 10.8. The molecule has 1 aromatic rings. The largest absolute Gasteiger partial charge is 0.597 e. The van der Waals surface area contributed by atoms with Crippen LogP contribution < -0.4 is 5.73 Å². The Bertz CT molecular complexity index is 538. The number of hydrogen-bond acceptors (Lipinski definition) is 3. The molecule has 102 valence electrons. The average Bonchev–Trinajstić information content (AvgIpc) is 3.13. The minimum Gasteiger partial charge on any atom is -0.597 e. The van der Waals surface area contributed by atoms with E-state index in [0.717, 1.165) is 12.0 Å². The molecule has 3 rings (SSSR count). The third kappa shape index (κ3) is 1.86. The van der Waals surface area contributed by atoms with E-state index < -0.39 is 11.4 Å². The fraction of sp³-hybridized carbons (Fsp3) is 0.429. The number of nitrogens with zero attached hydrogens (tertiary/aromatic N) is 1. The van der Waals surface area contributed by atoms with Crippen LogP contribution in [-0.4, -0.2) is 21.9 Å². The zero-order chi connectivity index (χ0) is 13.8. The van der Waals surface area contributed by atoms with E-state index in [9.17, 15) is 4.55 Å². The molecule has 4 atom stereocenters.